The minimum atomic E-state index is 0.571. The van der Waals surface area contributed by atoms with Crippen molar-refractivity contribution in [3.05, 3.63) is 71.7 Å². The van der Waals surface area contributed by atoms with Crippen molar-refractivity contribution in [3.63, 3.8) is 0 Å². The highest BCUT2D eigenvalue weighted by Gasteiger charge is 2.25. The number of aromatic nitrogens is 4. The molecular weight excluding hydrogens is 352 g/mol. The summed E-state index contributed by atoms with van der Waals surface area (Å²) in [4.78, 5) is 22.2. The van der Waals surface area contributed by atoms with Gasteiger partial charge >= 0.3 is 0 Å². The Labute approximate surface area is 162 Å². The van der Waals surface area contributed by atoms with Crippen molar-refractivity contribution >= 4 is 29.1 Å². The minimum Gasteiger partial charge on any atom is -0.338 e. The van der Waals surface area contributed by atoms with Gasteiger partial charge < -0.3 is 5.32 Å². The molecule has 2 aliphatic heterocycles. The molecule has 138 valence electrons. The first-order valence-corrected chi connectivity index (χ1v) is 9.00. The average Bonchev–Trinajstić information content (AvgIpc) is 2.88. The van der Waals surface area contributed by atoms with Gasteiger partial charge in [0.05, 0.1) is 48.3 Å². The Morgan fingerprint density at radius 2 is 2.04 bits per heavy atom. The van der Waals surface area contributed by atoms with E-state index in [2.05, 4.69) is 30.7 Å². The fourth-order valence-electron chi connectivity index (χ4n) is 3.31. The molecule has 0 unspecified atom stereocenters. The molecule has 0 amide bonds. The van der Waals surface area contributed by atoms with E-state index in [0.29, 0.717) is 13.1 Å². The van der Waals surface area contributed by atoms with E-state index in [4.69, 9.17) is 4.99 Å². The van der Waals surface area contributed by atoms with Crippen LogP contribution in [-0.4, -0.2) is 37.8 Å². The Balaban J connectivity index is 1.46. The highest BCUT2D eigenvalue weighted by molar-refractivity contribution is 6.02. The Morgan fingerprint density at radius 3 is 2.93 bits per heavy atom. The standard InChI is InChI=1S/C20H18N8/c1-13-7-24-14(8-23-13)9-26-28-11-17-15-4-6-21-10-18(15)27-20-16(3-2-5-22-20)19(17)25-12-28/h2-8,10,12,26H,9,11H2,1H3,(H,22,27). The van der Waals surface area contributed by atoms with Crippen LogP contribution in [0.5, 0.6) is 0 Å². The van der Waals surface area contributed by atoms with Crippen molar-refractivity contribution in [2.45, 2.75) is 13.5 Å². The number of aliphatic imine (C=N–C) groups is 1. The Hall–Kier alpha value is -3.65. The molecule has 8 nitrogen and oxygen atoms in total. The van der Waals surface area contributed by atoms with Gasteiger partial charge in [0.2, 0.25) is 0 Å². The Kier molecular flexibility index (Phi) is 4.02. The summed E-state index contributed by atoms with van der Waals surface area (Å²) in [5.74, 6) is 0.787. The maximum Gasteiger partial charge on any atom is 0.139 e. The summed E-state index contributed by atoms with van der Waals surface area (Å²) in [6, 6.07) is 5.97. The van der Waals surface area contributed by atoms with E-state index in [9.17, 15) is 0 Å². The smallest absolute Gasteiger partial charge is 0.139 e. The molecule has 5 heterocycles. The first kappa shape index (κ1) is 16.5. The van der Waals surface area contributed by atoms with Crippen molar-refractivity contribution in [1.29, 1.82) is 0 Å². The molecule has 0 aliphatic carbocycles. The lowest BCUT2D eigenvalue weighted by Gasteiger charge is -2.27. The predicted octanol–water partition coefficient (Wildman–Crippen LogP) is 2.55. The number of hydrazine groups is 1. The largest absolute Gasteiger partial charge is 0.338 e. The third-order valence-electron chi connectivity index (χ3n) is 4.70. The zero-order valence-electron chi connectivity index (χ0n) is 15.3. The molecule has 2 aliphatic rings. The van der Waals surface area contributed by atoms with Gasteiger partial charge in [0.15, 0.2) is 0 Å². The second-order valence-corrected chi connectivity index (χ2v) is 6.63. The van der Waals surface area contributed by atoms with E-state index in [1.54, 1.807) is 24.8 Å². The van der Waals surface area contributed by atoms with Crippen LogP contribution in [0, 0.1) is 6.92 Å². The molecule has 0 atom stereocenters. The number of anilines is 2. The molecule has 8 heteroatoms. The van der Waals surface area contributed by atoms with Crippen molar-refractivity contribution in [1.82, 2.24) is 30.4 Å². The lowest BCUT2D eigenvalue weighted by molar-refractivity contribution is 0.342. The second kappa shape index (κ2) is 6.82. The van der Waals surface area contributed by atoms with Crippen LogP contribution in [0.4, 0.5) is 11.5 Å². The molecule has 0 radical (unpaired) electrons. The molecule has 0 bridgehead atoms. The summed E-state index contributed by atoms with van der Waals surface area (Å²) in [5.41, 5.74) is 10.2. The van der Waals surface area contributed by atoms with E-state index in [1.807, 2.05) is 42.7 Å². The number of nitrogens with zero attached hydrogens (tertiary/aromatic N) is 6. The zero-order valence-corrected chi connectivity index (χ0v) is 15.3. The fourth-order valence-corrected chi connectivity index (χ4v) is 3.31. The number of hydrogen-bond donors (Lipinski definition) is 2. The number of hydrogen-bond acceptors (Lipinski definition) is 8. The van der Waals surface area contributed by atoms with Crippen molar-refractivity contribution < 1.29 is 0 Å². The SMILES string of the molecule is Cc1cnc(CNN2C=NC3=C(C2)c2ccncc2Nc2ncccc23)cn1. The molecule has 0 saturated carbocycles. The van der Waals surface area contributed by atoms with Gasteiger partial charge in [-0.15, -0.1) is 0 Å². The quantitative estimate of drug-likeness (QED) is 0.732. The van der Waals surface area contributed by atoms with Crippen LogP contribution in [0.15, 0.2) is 54.2 Å². The van der Waals surface area contributed by atoms with Crippen LogP contribution in [0.1, 0.15) is 22.5 Å². The van der Waals surface area contributed by atoms with Gasteiger partial charge in [0.1, 0.15) is 12.2 Å². The monoisotopic (exact) mass is 370 g/mol. The minimum absolute atomic E-state index is 0.571. The molecule has 0 fully saturated rings. The van der Waals surface area contributed by atoms with Gasteiger partial charge in [-0.05, 0) is 25.1 Å². The third-order valence-corrected chi connectivity index (χ3v) is 4.70. The maximum atomic E-state index is 4.74. The van der Waals surface area contributed by atoms with Gasteiger partial charge in [-0.25, -0.2) is 15.4 Å². The lowest BCUT2D eigenvalue weighted by atomic mass is 10.0. The van der Waals surface area contributed by atoms with Crippen LogP contribution < -0.4 is 10.7 Å². The predicted molar refractivity (Wildman–Crippen MR) is 107 cm³/mol. The molecule has 0 saturated heterocycles. The zero-order chi connectivity index (χ0) is 18.9. The highest BCUT2D eigenvalue weighted by atomic mass is 15.5. The molecule has 3 aromatic rings. The molecule has 28 heavy (non-hydrogen) atoms. The van der Waals surface area contributed by atoms with Crippen molar-refractivity contribution in [2.75, 3.05) is 11.9 Å². The number of fused-ring (bicyclic) bond motifs is 4. The third kappa shape index (κ3) is 2.99. The average molecular weight is 370 g/mol. The summed E-state index contributed by atoms with van der Waals surface area (Å²) >= 11 is 0. The van der Waals surface area contributed by atoms with Gasteiger partial charge in [0, 0.05) is 35.3 Å². The van der Waals surface area contributed by atoms with Gasteiger partial charge in [-0.2, -0.15) is 0 Å². The van der Waals surface area contributed by atoms with Crippen LogP contribution in [0.2, 0.25) is 0 Å². The number of rotatable bonds is 3. The topological polar surface area (TPSA) is 91.2 Å². The van der Waals surface area contributed by atoms with E-state index >= 15 is 0 Å². The summed E-state index contributed by atoms with van der Waals surface area (Å²) in [7, 11) is 0. The van der Waals surface area contributed by atoms with E-state index in [0.717, 1.165) is 45.3 Å². The van der Waals surface area contributed by atoms with Crippen LogP contribution in [0.25, 0.3) is 11.3 Å². The van der Waals surface area contributed by atoms with E-state index in [1.165, 1.54) is 0 Å². The number of pyridine rings is 2. The molecule has 0 spiro atoms. The van der Waals surface area contributed by atoms with E-state index in [-0.39, 0.29) is 0 Å². The molecular formula is C20H18N8. The summed E-state index contributed by atoms with van der Waals surface area (Å²) in [5, 5.41) is 5.36. The van der Waals surface area contributed by atoms with Crippen LogP contribution in [-0.2, 0) is 6.54 Å². The van der Waals surface area contributed by atoms with Crippen LogP contribution in [0.3, 0.4) is 0 Å². The summed E-state index contributed by atoms with van der Waals surface area (Å²) in [6.07, 6.45) is 10.8. The Morgan fingerprint density at radius 1 is 1.07 bits per heavy atom. The Bertz CT molecular complexity index is 1090. The van der Waals surface area contributed by atoms with Gasteiger partial charge in [-0.1, -0.05) is 0 Å². The summed E-state index contributed by atoms with van der Waals surface area (Å²) in [6.45, 7) is 3.15. The van der Waals surface area contributed by atoms with Crippen molar-refractivity contribution in [2.24, 2.45) is 4.99 Å². The fraction of sp³-hybridized carbons (Fsp3) is 0.150. The van der Waals surface area contributed by atoms with Gasteiger partial charge in [-0.3, -0.25) is 20.0 Å². The molecule has 0 aromatic carbocycles. The molecule has 3 aromatic heterocycles. The van der Waals surface area contributed by atoms with Gasteiger partial charge in [0.25, 0.3) is 0 Å². The lowest BCUT2D eigenvalue weighted by Crippen LogP contribution is -2.39. The second-order valence-electron chi connectivity index (χ2n) is 6.63. The number of nitrogens with one attached hydrogen (secondary N) is 2. The number of aryl methyl sites for hydroxylation is 1. The van der Waals surface area contributed by atoms with Crippen LogP contribution >= 0.6 is 0 Å². The maximum absolute atomic E-state index is 4.74. The van der Waals surface area contributed by atoms with E-state index < -0.39 is 0 Å². The molecule has 2 N–H and O–H groups in total. The summed E-state index contributed by atoms with van der Waals surface area (Å²) < 4.78 is 0. The molecule has 5 rings (SSSR count). The van der Waals surface area contributed by atoms with Crippen molar-refractivity contribution in [3.8, 4) is 0 Å². The first-order chi connectivity index (χ1) is 13.8. The first-order valence-electron chi connectivity index (χ1n) is 9.00. The highest BCUT2D eigenvalue weighted by Crippen LogP contribution is 2.40. The normalized spacial score (nSPS) is 14.7.